The highest BCUT2D eigenvalue weighted by molar-refractivity contribution is 6.30. The summed E-state index contributed by atoms with van der Waals surface area (Å²) in [6, 6.07) is 6.80. The molecule has 3 saturated heterocycles. The Kier molecular flexibility index (Phi) is 7.94. The molecule has 0 radical (unpaired) electrons. The van der Waals surface area contributed by atoms with Crippen LogP contribution in [0.4, 0.5) is 5.69 Å². The molecule has 216 valence electrons. The Balaban J connectivity index is 1.27. The lowest BCUT2D eigenvalue weighted by Gasteiger charge is -2.38. The monoisotopic (exact) mass is 568 g/mol. The van der Waals surface area contributed by atoms with E-state index < -0.39 is 29.6 Å². The normalized spacial score (nSPS) is 33.8. The first-order valence-corrected chi connectivity index (χ1v) is 15.6. The van der Waals surface area contributed by atoms with E-state index in [0.717, 1.165) is 45.1 Å². The molecule has 1 aliphatic carbocycles. The molecule has 0 unspecified atom stereocenters. The van der Waals surface area contributed by atoms with Gasteiger partial charge in [0.1, 0.15) is 11.6 Å². The summed E-state index contributed by atoms with van der Waals surface area (Å²) in [5, 5.41) is 6.74. The van der Waals surface area contributed by atoms with Gasteiger partial charge in [-0.1, -0.05) is 62.4 Å². The third-order valence-corrected chi connectivity index (χ3v) is 10.1. The van der Waals surface area contributed by atoms with Gasteiger partial charge in [-0.3, -0.25) is 19.3 Å². The zero-order valence-electron chi connectivity index (χ0n) is 23.3. The third-order valence-electron chi connectivity index (χ3n) is 9.82. The van der Waals surface area contributed by atoms with Crippen LogP contribution in [-0.4, -0.2) is 77.0 Å². The number of ether oxygens (including phenoxy) is 1. The first kappa shape index (κ1) is 27.7. The van der Waals surface area contributed by atoms with E-state index in [2.05, 4.69) is 22.5 Å². The molecule has 1 saturated carbocycles. The van der Waals surface area contributed by atoms with Crippen LogP contribution in [0.25, 0.3) is 0 Å². The summed E-state index contributed by atoms with van der Waals surface area (Å²) in [6.45, 7) is 4.39. The molecule has 4 aliphatic heterocycles. The number of carbonyl (C=O) groups excluding carboxylic acids is 3. The van der Waals surface area contributed by atoms with Crippen molar-refractivity contribution in [2.75, 3.05) is 25.0 Å². The molecule has 6 rings (SSSR count). The molecular weight excluding hydrogens is 528 g/mol. The van der Waals surface area contributed by atoms with Gasteiger partial charge in [0.05, 0.1) is 17.9 Å². The van der Waals surface area contributed by atoms with Gasteiger partial charge in [-0.15, -0.1) is 0 Å². The lowest BCUT2D eigenvalue weighted by molar-refractivity contribution is -0.141. The summed E-state index contributed by atoms with van der Waals surface area (Å²) in [5.41, 5.74) is -0.564. The van der Waals surface area contributed by atoms with Crippen LogP contribution < -0.4 is 10.6 Å². The molecule has 0 aromatic heterocycles. The van der Waals surface area contributed by atoms with Gasteiger partial charge in [0.2, 0.25) is 17.7 Å². The Bertz CT molecular complexity index is 1170. The average Bonchev–Trinajstić information content (AvgIpc) is 3.60. The first-order chi connectivity index (χ1) is 19.4. The van der Waals surface area contributed by atoms with Gasteiger partial charge >= 0.3 is 0 Å². The van der Waals surface area contributed by atoms with E-state index in [4.69, 9.17) is 16.3 Å². The number of fused-ring (bicyclic) bond motifs is 1. The maximum Gasteiger partial charge on any atom is 0.246 e. The fourth-order valence-corrected chi connectivity index (χ4v) is 8.07. The number of benzene rings is 1. The number of nitrogens with zero attached hydrogens (tertiary/aromatic N) is 2. The molecule has 3 amide bonds. The van der Waals surface area contributed by atoms with E-state index in [1.54, 1.807) is 29.2 Å². The van der Waals surface area contributed by atoms with Crippen molar-refractivity contribution in [2.24, 2.45) is 11.8 Å². The number of hydrogen-bond donors (Lipinski definition) is 2. The van der Waals surface area contributed by atoms with Crippen molar-refractivity contribution in [1.29, 1.82) is 0 Å². The second kappa shape index (κ2) is 11.5. The van der Waals surface area contributed by atoms with Gasteiger partial charge in [0.25, 0.3) is 0 Å². The van der Waals surface area contributed by atoms with Gasteiger partial charge in [-0.2, -0.15) is 0 Å². The van der Waals surface area contributed by atoms with Gasteiger partial charge in [0.15, 0.2) is 0 Å². The van der Waals surface area contributed by atoms with Crippen LogP contribution in [0.2, 0.25) is 5.02 Å². The number of halogens is 1. The average molecular weight is 569 g/mol. The van der Waals surface area contributed by atoms with Crippen LogP contribution >= 0.6 is 11.6 Å². The number of carbonyl (C=O) groups is 3. The Morgan fingerprint density at radius 1 is 1.07 bits per heavy atom. The van der Waals surface area contributed by atoms with Crippen molar-refractivity contribution in [3.63, 3.8) is 0 Å². The molecule has 2 bridgehead atoms. The molecule has 4 heterocycles. The zero-order chi connectivity index (χ0) is 27.9. The Labute approximate surface area is 241 Å². The maximum atomic E-state index is 14.2. The molecular formula is C31H41ClN4O4. The van der Waals surface area contributed by atoms with Crippen LogP contribution in [0.1, 0.15) is 64.7 Å². The third kappa shape index (κ3) is 4.96. The van der Waals surface area contributed by atoms with Crippen molar-refractivity contribution in [2.45, 2.75) is 94.5 Å². The van der Waals surface area contributed by atoms with Gasteiger partial charge in [-0.25, -0.2) is 0 Å². The van der Waals surface area contributed by atoms with E-state index in [0.29, 0.717) is 29.8 Å². The zero-order valence-corrected chi connectivity index (χ0v) is 24.1. The predicted octanol–water partition coefficient (Wildman–Crippen LogP) is 4.14. The molecule has 1 spiro atoms. The van der Waals surface area contributed by atoms with Gasteiger partial charge in [-0.05, 0) is 56.8 Å². The van der Waals surface area contributed by atoms with Crippen LogP contribution in [0.15, 0.2) is 36.4 Å². The summed E-state index contributed by atoms with van der Waals surface area (Å²) in [5.74, 6) is -2.06. The molecule has 8 nitrogen and oxygen atoms in total. The van der Waals surface area contributed by atoms with Crippen LogP contribution in [-0.2, 0) is 19.1 Å². The van der Waals surface area contributed by atoms with Crippen molar-refractivity contribution >= 4 is 35.0 Å². The predicted molar refractivity (Wildman–Crippen MR) is 154 cm³/mol. The largest absolute Gasteiger partial charge is 0.359 e. The number of piperidine rings is 1. The second-order valence-electron chi connectivity index (χ2n) is 12.2. The summed E-state index contributed by atoms with van der Waals surface area (Å²) in [6.07, 6.45) is 13.2. The summed E-state index contributed by atoms with van der Waals surface area (Å²) >= 11 is 6.14. The highest BCUT2D eigenvalue weighted by atomic mass is 35.5. The van der Waals surface area contributed by atoms with E-state index in [9.17, 15) is 14.4 Å². The van der Waals surface area contributed by atoms with Gasteiger partial charge < -0.3 is 20.3 Å². The van der Waals surface area contributed by atoms with Crippen LogP contribution in [0.3, 0.4) is 0 Å². The van der Waals surface area contributed by atoms with Gasteiger partial charge in [0, 0.05) is 35.9 Å². The van der Waals surface area contributed by atoms with Crippen LogP contribution in [0, 0.1) is 11.8 Å². The molecule has 1 aromatic carbocycles. The Morgan fingerprint density at radius 3 is 2.65 bits per heavy atom. The minimum Gasteiger partial charge on any atom is -0.359 e. The van der Waals surface area contributed by atoms with Crippen molar-refractivity contribution in [3.8, 4) is 0 Å². The fourth-order valence-electron chi connectivity index (χ4n) is 7.88. The topological polar surface area (TPSA) is 91.0 Å². The quantitative estimate of drug-likeness (QED) is 0.460. The van der Waals surface area contributed by atoms with E-state index in [-0.39, 0.29) is 23.8 Å². The standard InChI is InChI=1S/C31H41ClN4O4/c1-2-23-13-6-7-16-35(23)17-18-36-27(29(38)33-21-10-4-3-5-11-21)31-15-14-24(40-31)25(26(31)30(36)39)28(37)34-22-12-8-9-20(32)19-22/h8-9,12,14-15,19,21,23-27H,2-7,10-11,13,16-18H2,1H3,(H,33,38)(H,34,37)/t23-,24+,25-,26+,27+,31+/m1/s1. The van der Waals surface area contributed by atoms with E-state index >= 15 is 0 Å². The highest BCUT2D eigenvalue weighted by Crippen LogP contribution is 2.55. The summed E-state index contributed by atoms with van der Waals surface area (Å²) in [7, 11) is 0. The minimum atomic E-state index is -1.14. The van der Waals surface area contributed by atoms with E-state index in [1.807, 2.05) is 12.2 Å². The van der Waals surface area contributed by atoms with Crippen molar-refractivity contribution in [3.05, 3.63) is 41.4 Å². The fraction of sp³-hybridized carbons (Fsp3) is 0.645. The highest BCUT2D eigenvalue weighted by Gasteiger charge is 2.72. The Hall–Kier alpha value is -2.42. The number of likely N-dealkylation sites (tertiary alicyclic amines) is 2. The molecule has 9 heteroatoms. The SMILES string of the molecule is CC[C@@H]1CCCCN1CCN1C(=O)[C@@H]2[C@H](C(=O)Nc3cccc(Cl)c3)[C@@H]3C=C[C@@]2(O3)[C@@H]1C(=O)NC1CCCCC1. The van der Waals surface area contributed by atoms with Crippen molar-refractivity contribution < 1.29 is 19.1 Å². The van der Waals surface area contributed by atoms with Crippen LogP contribution in [0.5, 0.6) is 0 Å². The maximum absolute atomic E-state index is 14.2. The molecule has 4 fully saturated rings. The number of hydrogen-bond acceptors (Lipinski definition) is 5. The molecule has 1 aromatic rings. The number of nitrogens with one attached hydrogen (secondary N) is 2. The van der Waals surface area contributed by atoms with E-state index in [1.165, 1.54) is 19.3 Å². The smallest absolute Gasteiger partial charge is 0.246 e. The summed E-state index contributed by atoms with van der Waals surface area (Å²) in [4.78, 5) is 46.1. The molecule has 6 atom stereocenters. The Morgan fingerprint density at radius 2 is 1.88 bits per heavy atom. The minimum absolute atomic E-state index is 0.115. The number of anilines is 1. The number of amides is 3. The van der Waals surface area contributed by atoms with Crippen molar-refractivity contribution in [1.82, 2.24) is 15.1 Å². The summed E-state index contributed by atoms with van der Waals surface area (Å²) < 4.78 is 6.50. The second-order valence-corrected chi connectivity index (χ2v) is 12.6. The molecule has 40 heavy (non-hydrogen) atoms. The first-order valence-electron chi connectivity index (χ1n) is 15.2. The molecule has 2 N–H and O–H groups in total. The lowest BCUT2D eigenvalue weighted by atomic mass is 9.74. The number of rotatable bonds is 8. The molecule has 5 aliphatic rings. The lowest BCUT2D eigenvalue weighted by Crippen LogP contribution is -2.57.